The SMILES string of the molecule is CC(C)c1cccc(C(C)C)c1NC(=O)C1c2ccccc2OCc2nc(Br)ccc21. The van der Waals surface area contributed by atoms with Crippen molar-refractivity contribution in [3.05, 3.63) is 87.1 Å². The summed E-state index contributed by atoms with van der Waals surface area (Å²) in [5, 5.41) is 3.30. The number of fused-ring (bicyclic) bond motifs is 2. The number of amides is 1. The summed E-state index contributed by atoms with van der Waals surface area (Å²) in [4.78, 5) is 18.5. The number of hydrogen-bond acceptors (Lipinski definition) is 3. The number of anilines is 1. The maximum atomic E-state index is 13.9. The van der Waals surface area contributed by atoms with Crippen molar-refractivity contribution in [1.29, 1.82) is 0 Å². The summed E-state index contributed by atoms with van der Waals surface area (Å²) in [7, 11) is 0. The quantitative estimate of drug-likeness (QED) is 0.421. The number of hydrogen-bond donors (Lipinski definition) is 1. The molecule has 0 saturated heterocycles. The van der Waals surface area contributed by atoms with Crippen LogP contribution >= 0.6 is 15.9 Å². The first kappa shape index (κ1) is 21.6. The Morgan fingerprint density at radius 1 is 0.968 bits per heavy atom. The van der Waals surface area contributed by atoms with Gasteiger partial charge in [-0.2, -0.15) is 0 Å². The predicted molar refractivity (Wildman–Crippen MR) is 128 cm³/mol. The van der Waals surface area contributed by atoms with Gasteiger partial charge in [-0.3, -0.25) is 4.79 Å². The van der Waals surface area contributed by atoms with Crippen molar-refractivity contribution in [3.63, 3.8) is 0 Å². The lowest BCUT2D eigenvalue weighted by atomic mass is 9.88. The summed E-state index contributed by atoms with van der Waals surface area (Å²) < 4.78 is 6.75. The number of para-hydroxylation sites is 2. The Kier molecular flexibility index (Phi) is 6.15. The number of rotatable bonds is 4. The van der Waals surface area contributed by atoms with Crippen molar-refractivity contribution in [2.24, 2.45) is 0 Å². The zero-order chi connectivity index (χ0) is 22.1. The Morgan fingerprint density at radius 3 is 2.32 bits per heavy atom. The van der Waals surface area contributed by atoms with Gasteiger partial charge in [0.25, 0.3) is 0 Å². The van der Waals surface area contributed by atoms with Gasteiger partial charge in [-0.05, 0) is 56.6 Å². The lowest BCUT2D eigenvalue weighted by Gasteiger charge is -2.23. The summed E-state index contributed by atoms with van der Waals surface area (Å²) in [6.07, 6.45) is 0. The second-order valence-electron chi connectivity index (χ2n) is 8.54. The molecule has 1 N–H and O–H groups in total. The minimum Gasteiger partial charge on any atom is -0.487 e. The van der Waals surface area contributed by atoms with Gasteiger partial charge in [0.05, 0.1) is 11.6 Å². The van der Waals surface area contributed by atoms with Gasteiger partial charge in [0.1, 0.15) is 17.0 Å². The number of carbonyl (C=O) groups excluding carboxylic acids is 1. The van der Waals surface area contributed by atoms with E-state index in [1.54, 1.807) is 0 Å². The third-order valence-corrected chi connectivity index (χ3v) is 6.21. The summed E-state index contributed by atoms with van der Waals surface area (Å²) >= 11 is 3.45. The number of ether oxygens (including phenoxy) is 1. The molecule has 1 atom stereocenters. The molecule has 0 aliphatic carbocycles. The fourth-order valence-electron chi connectivity index (χ4n) is 4.20. The Bertz CT molecular complexity index is 1100. The number of aromatic nitrogens is 1. The van der Waals surface area contributed by atoms with E-state index >= 15 is 0 Å². The smallest absolute Gasteiger partial charge is 0.236 e. The summed E-state index contributed by atoms with van der Waals surface area (Å²) in [6, 6.07) is 17.9. The van der Waals surface area contributed by atoms with Crippen LogP contribution in [0.4, 0.5) is 5.69 Å². The highest BCUT2D eigenvalue weighted by Crippen LogP contribution is 2.39. The van der Waals surface area contributed by atoms with Crippen LogP contribution in [0.15, 0.2) is 59.2 Å². The summed E-state index contributed by atoms with van der Waals surface area (Å²) in [5.74, 6) is 0.734. The molecule has 1 aliphatic heterocycles. The zero-order valence-corrected chi connectivity index (χ0v) is 19.9. The third-order valence-electron chi connectivity index (χ3n) is 5.76. The van der Waals surface area contributed by atoms with Gasteiger partial charge in [0.2, 0.25) is 5.91 Å². The number of carbonyl (C=O) groups is 1. The van der Waals surface area contributed by atoms with E-state index < -0.39 is 5.92 Å². The van der Waals surface area contributed by atoms with E-state index in [2.05, 4.69) is 72.1 Å². The minimum absolute atomic E-state index is 0.0710. The van der Waals surface area contributed by atoms with E-state index in [1.165, 1.54) is 0 Å². The molecule has 0 spiro atoms. The van der Waals surface area contributed by atoms with Crippen LogP contribution in [0.1, 0.15) is 73.4 Å². The molecule has 0 bridgehead atoms. The molecule has 4 nitrogen and oxygen atoms in total. The van der Waals surface area contributed by atoms with Crippen molar-refractivity contribution in [1.82, 2.24) is 4.98 Å². The molecule has 2 aromatic carbocycles. The number of nitrogens with zero attached hydrogens (tertiary/aromatic N) is 1. The zero-order valence-electron chi connectivity index (χ0n) is 18.3. The van der Waals surface area contributed by atoms with Gasteiger partial charge in [0, 0.05) is 11.3 Å². The molecule has 3 aromatic rings. The van der Waals surface area contributed by atoms with Crippen LogP contribution in [0.2, 0.25) is 0 Å². The molecule has 0 fully saturated rings. The van der Waals surface area contributed by atoms with E-state index in [-0.39, 0.29) is 5.91 Å². The number of benzene rings is 2. The van der Waals surface area contributed by atoms with Gasteiger partial charge in [-0.1, -0.05) is 70.2 Å². The number of nitrogens with one attached hydrogen (secondary N) is 1. The van der Waals surface area contributed by atoms with Crippen molar-refractivity contribution in [2.75, 3.05) is 5.32 Å². The lowest BCUT2D eigenvalue weighted by molar-refractivity contribution is -0.116. The highest BCUT2D eigenvalue weighted by Gasteiger charge is 2.32. The average Bonchev–Trinajstić information content (AvgIpc) is 2.90. The van der Waals surface area contributed by atoms with Crippen LogP contribution in [0.3, 0.4) is 0 Å². The maximum absolute atomic E-state index is 13.9. The van der Waals surface area contributed by atoms with Crippen molar-refractivity contribution in [3.8, 4) is 5.75 Å². The van der Waals surface area contributed by atoms with Gasteiger partial charge >= 0.3 is 0 Å². The first-order valence-corrected chi connectivity index (χ1v) is 11.5. The molecule has 160 valence electrons. The highest BCUT2D eigenvalue weighted by atomic mass is 79.9. The molecule has 5 heteroatoms. The van der Waals surface area contributed by atoms with Crippen LogP contribution in [-0.2, 0) is 11.4 Å². The van der Waals surface area contributed by atoms with Crippen LogP contribution in [-0.4, -0.2) is 10.9 Å². The largest absolute Gasteiger partial charge is 0.487 e. The first-order chi connectivity index (χ1) is 14.9. The van der Waals surface area contributed by atoms with Crippen LogP contribution < -0.4 is 10.1 Å². The molecule has 0 saturated carbocycles. The van der Waals surface area contributed by atoms with Gasteiger partial charge in [-0.15, -0.1) is 0 Å². The fraction of sp³-hybridized carbons (Fsp3) is 0.308. The molecular formula is C26H27BrN2O2. The van der Waals surface area contributed by atoms with Crippen LogP contribution in [0, 0.1) is 0 Å². The second kappa shape index (κ2) is 8.83. The summed E-state index contributed by atoms with van der Waals surface area (Å²) in [5.41, 5.74) is 5.72. The Balaban J connectivity index is 1.83. The van der Waals surface area contributed by atoms with Crippen molar-refractivity contribution >= 4 is 27.5 Å². The Hall–Kier alpha value is -2.66. The highest BCUT2D eigenvalue weighted by molar-refractivity contribution is 9.10. The van der Waals surface area contributed by atoms with E-state index in [4.69, 9.17) is 4.74 Å². The number of halogens is 1. The lowest BCUT2D eigenvalue weighted by Crippen LogP contribution is -2.24. The van der Waals surface area contributed by atoms with E-state index in [0.29, 0.717) is 18.4 Å². The minimum atomic E-state index is -0.505. The topological polar surface area (TPSA) is 51.2 Å². The van der Waals surface area contributed by atoms with Gasteiger partial charge < -0.3 is 10.1 Å². The standard InChI is InChI=1S/C26H27BrN2O2/c1-15(2)17-9-7-10-18(16(3)4)25(17)29-26(30)24-19-12-13-23(27)28-21(19)14-31-22-11-6-5-8-20(22)24/h5-13,15-16,24H,14H2,1-4H3,(H,29,30). The fourth-order valence-corrected chi connectivity index (χ4v) is 4.55. The predicted octanol–water partition coefficient (Wildman–Crippen LogP) is 6.75. The van der Waals surface area contributed by atoms with E-state index in [0.717, 1.165) is 44.0 Å². The Morgan fingerprint density at radius 2 is 1.65 bits per heavy atom. The van der Waals surface area contributed by atoms with Gasteiger partial charge in [-0.25, -0.2) is 4.98 Å². The molecule has 4 rings (SSSR count). The maximum Gasteiger partial charge on any atom is 0.236 e. The van der Waals surface area contributed by atoms with Crippen molar-refractivity contribution < 1.29 is 9.53 Å². The normalized spacial score (nSPS) is 15.1. The van der Waals surface area contributed by atoms with E-state index in [9.17, 15) is 4.79 Å². The van der Waals surface area contributed by atoms with Gasteiger partial charge in [0.15, 0.2) is 0 Å². The molecule has 31 heavy (non-hydrogen) atoms. The average molecular weight is 479 g/mol. The van der Waals surface area contributed by atoms with Crippen molar-refractivity contribution in [2.45, 2.75) is 52.1 Å². The Labute approximate surface area is 192 Å². The molecule has 1 amide bonds. The molecule has 1 aliphatic rings. The molecule has 1 aromatic heterocycles. The first-order valence-electron chi connectivity index (χ1n) is 10.7. The van der Waals surface area contributed by atoms with Crippen LogP contribution in [0.5, 0.6) is 5.75 Å². The monoisotopic (exact) mass is 478 g/mol. The van der Waals surface area contributed by atoms with E-state index in [1.807, 2.05) is 36.4 Å². The second-order valence-corrected chi connectivity index (χ2v) is 9.35. The molecule has 1 unspecified atom stereocenters. The van der Waals surface area contributed by atoms with Crippen LogP contribution in [0.25, 0.3) is 0 Å². The molecule has 2 heterocycles. The summed E-state index contributed by atoms with van der Waals surface area (Å²) in [6.45, 7) is 8.94. The number of pyridine rings is 1. The molecule has 0 radical (unpaired) electrons. The third kappa shape index (κ3) is 4.24. The molecular weight excluding hydrogens is 452 g/mol.